The Hall–Kier alpha value is -2.43. The third-order valence-corrected chi connectivity index (χ3v) is 6.81. The van der Waals surface area contributed by atoms with Crippen LogP contribution in [-0.2, 0) is 6.54 Å². The van der Waals surface area contributed by atoms with Crippen molar-refractivity contribution in [3.05, 3.63) is 65.7 Å². The minimum atomic E-state index is -0.473. The second-order valence-electron chi connectivity index (χ2n) is 9.29. The fraction of sp³-hybridized carbons (Fsp3) is 0.519. The van der Waals surface area contributed by atoms with Crippen molar-refractivity contribution in [2.24, 2.45) is 0 Å². The summed E-state index contributed by atoms with van der Waals surface area (Å²) in [7, 11) is 0. The number of para-hydroxylation sites is 1. The molecular weight excluding hydrogens is 412 g/mol. The van der Waals surface area contributed by atoms with E-state index in [1.165, 1.54) is 18.4 Å². The number of aliphatic hydroxyl groups is 1. The zero-order valence-electron chi connectivity index (χ0n) is 19.5. The highest BCUT2D eigenvalue weighted by atomic mass is 16.5. The van der Waals surface area contributed by atoms with Crippen LogP contribution in [-0.4, -0.2) is 84.4 Å². The van der Waals surface area contributed by atoms with Gasteiger partial charge in [-0.3, -0.25) is 14.7 Å². The molecule has 4 rings (SSSR count). The monoisotopic (exact) mass is 448 g/mol. The zero-order chi connectivity index (χ0) is 22.9. The van der Waals surface area contributed by atoms with Crippen molar-refractivity contribution in [1.29, 1.82) is 5.26 Å². The first-order valence-corrected chi connectivity index (χ1v) is 12.2. The first-order chi connectivity index (χ1) is 16.2. The number of benzene rings is 2. The van der Waals surface area contributed by atoms with Crippen molar-refractivity contribution in [2.45, 2.75) is 38.0 Å². The van der Waals surface area contributed by atoms with Crippen molar-refractivity contribution < 1.29 is 9.84 Å². The third-order valence-electron chi connectivity index (χ3n) is 6.81. The van der Waals surface area contributed by atoms with Gasteiger partial charge < -0.3 is 9.84 Å². The second kappa shape index (κ2) is 12.2. The van der Waals surface area contributed by atoms with Crippen LogP contribution < -0.4 is 4.74 Å². The van der Waals surface area contributed by atoms with Gasteiger partial charge in [-0.25, -0.2) is 0 Å². The number of hydrogen-bond donors (Lipinski definition) is 1. The van der Waals surface area contributed by atoms with Gasteiger partial charge in [0.1, 0.15) is 18.5 Å². The van der Waals surface area contributed by atoms with Crippen molar-refractivity contribution in [1.82, 2.24) is 14.7 Å². The maximum atomic E-state index is 10.4. The Balaban J connectivity index is 1.17. The highest BCUT2D eigenvalue weighted by Gasteiger charge is 2.27. The molecule has 2 aromatic carbocycles. The van der Waals surface area contributed by atoms with E-state index >= 15 is 0 Å². The Morgan fingerprint density at radius 2 is 1.76 bits per heavy atom. The highest BCUT2D eigenvalue weighted by molar-refractivity contribution is 5.32. The van der Waals surface area contributed by atoms with Crippen LogP contribution in [0, 0.1) is 11.3 Å². The summed E-state index contributed by atoms with van der Waals surface area (Å²) in [6.07, 6.45) is 3.07. The topological polar surface area (TPSA) is 63.0 Å². The van der Waals surface area contributed by atoms with E-state index in [1.54, 1.807) is 0 Å². The number of likely N-dealkylation sites (tertiary alicyclic amines) is 1. The van der Waals surface area contributed by atoms with Gasteiger partial charge in [0.15, 0.2) is 0 Å². The number of hydrogen-bond acceptors (Lipinski definition) is 6. The van der Waals surface area contributed by atoms with Gasteiger partial charge in [-0.15, -0.1) is 0 Å². The van der Waals surface area contributed by atoms with Crippen LogP contribution >= 0.6 is 0 Å². The number of aliphatic hydroxyl groups excluding tert-OH is 1. The zero-order valence-corrected chi connectivity index (χ0v) is 19.5. The van der Waals surface area contributed by atoms with Gasteiger partial charge >= 0.3 is 0 Å². The van der Waals surface area contributed by atoms with E-state index in [4.69, 9.17) is 10.00 Å². The molecule has 2 aromatic rings. The lowest BCUT2D eigenvalue weighted by molar-refractivity contribution is 0.0668. The predicted molar refractivity (Wildman–Crippen MR) is 130 cm³/mol. The molecule has 1 unspecified atom stereocenters. The molecule has 2 fully saturated rings. The fourth-order valence-electron chi connectivity index (χ4n) is 5.04. The van der Waals surface area contributed by atoms with E-state index in [-0.39, 0.29) is 0 Å². The fourth-order valence-corrected chi connectivity index (χ4v) is 5.04. The van der Waals surface area contributed by atoms with Crippen LogP contribution in [0.25, 0.3) is 0 Å². The highest BCUT2D eigenvalue weighted by Crippen LogP contribution is 2.20. The van der Waals surface area contributed by atoms with E-state index in [0.717, 1.165) is 63.5 Å². The summed E-state index contributed by atoms with van der Waals surface area (Å²) in [5, 5.41) is 19.6. The molecule has 0 saturated carbocycles. The van der Waals surface area contributed by atoms with Crippen LogP contribution in [0.4, 0.5) is 0 Å². The van der Waals surface area contributed by atoms with Crippen LogP contribution in [0.1, 0.15) is 30.4 Å². The van der Waals surface area contributed by atoms with Gasteiger partial charge in [0.25, 0.3) is 0 Å². The Labute approximate surface area is 198 Å². The van der Waals surface area contributed by atoms with Crippen LogP contribution in [0.2, 0.25) is 0 Å². The normalized spacial score (nSPS) is 20.1. The summed E-state index contributed by atoms with van der Waals surface area (Å²) in [5.74, 6) is 0.808. The Morgan fingerprint density at radius 1 is 0.939 bits per heavy atom. The molecule has 2 saturated heterocycles. The molecular formula is C27H36N4O2. The molecule has 6 heteroatoms. The second-order valence-corrected chi connectivity index (χ2v) is 9.29. The number of piperidine rings is 1. The lowest BCUT2D eigenvalue weighted by Crippen LogP contribution is -2.46. The van der Waals surface area contributed by atoms with Gasteiger partial charge in [-0.1, -0.05) is 30.3 Å². The van der Waals surface area contributed by atoms with Gasteiger partial charge in [0.05, 0.1) is 11.6 Å². The standard InChI is InChI=1S/C27H36N4O2/c28-19-23-6-4-7-24(18-23)20-30-14-10-25(11-15-30)31-13-5-12-29(16-17-31)21-26(32)22-33-27-8-2-1-3-9-27/h1-4,6-9,18,25-26,32H,5,10-17,20-22H2. The number of nitriles is 1. The van der Waals surface area contributed by atoms with E-state index in [9.17, 15) is 5.11 Å². The Bertz CT molecular complexity index is 892. The number of β-amino-alcohol motifs (C(OH)–C–C–N with tert-alkyl or cyclic N) is 1. The molecule has 0 aromatic heterocycles. The van der Waals surface area contributed by atoms with E-state index in [0.29, 0.717) is 19.2 Å². The molecule has 6 nitrogen and oxygen atoms in total. The summed E-state index contributed by atoms with van der Waals surface area (Å²) in [5.41, 5.74) is 1.97. The molecule has 1 atom stereocenters. The molecule has 0 spiro atoms. The molecule has 176 valence electrons. The molecule has 2 aliphatic rings. The van der Waals surface area contributed by atoms with Gasteiger partial charge in [0, 0.05) is 32.2 Å². The van der Waals surface area contributed by atoms with Crippen molar-refractivity contribution in [2.75, 3.05) is 52.4 Å². The van der Waals surface area contributed by atoms with Gasteiger partial charge in [-0.2, -0.15) is 5.26 Å². The molecule has 0 radical (unpaired) electrons. The maximum Gasteiger partial charge on any atom is 0.119 e. The molecule has 2 aliphatic heterocycles. The van der Waals surface area contributed by atoms with Crippen LogP contribution in [0.5, 0.6) is 5.75 Å². The minimum absolute atomic E-state index is 0.333. The lowest BCUT2D eigenvalue weighted by Gasteiger charge is -2.38. The quantitative estimate of drug-likeness (QED) is 0.670. The number of nitrogens with zero attached hydrogens (tertiary/aromatic N) is 4. The summed E-state index contributed by atoms with van der Waals surface area (Å²) < 4.78 is 5.71. The third kappa shape index (κ3) is 7.28. The molecule has 0 aliphatic carbocycles. The molecule has 2 heterocycles. The van der Waals surface area contributed by atoms with E-state index < -0.39 is 6.10 Å². The smallest absolute Gasteiger partial charge is 0.119 e. The summed E-state index contributed by atoms with van der Waals surface area (Å²) >= 11 is 0. The van der Waals surface area contributed by atoms with Crippen molar-refractivity contribution in [3.8, 4) is 11.8 Å². The van der Waals surface area contributed by atoms with E-state index in [1.807, 2.05) is 48.5 Å². The Morgan fingerprint density at radius 3 is 2.55 bits per heavy atom. The lowest BCUT2D eigenvalue weighted by atomic mass is 10.0. The SMILES string of the molecule is N#Cc1cccc(CN2CCC(N3CCCN(CC(O)COc4ccccc4)CC3)CC2)c1. The van der Waals surface area contributed by atoms with Crippen LogP contribution in [0.15, 0.2) is 54.6 Å². The Kier molecular flexibility index (Phi) is 8.73. The van der Waals surface area contributed by atoms with Gasteiger partial charge in [0.2, 0.25) is 0 Å². The maximum absolute atomic E-state index is 10.4. The average Bonchev–Trinajstić information content (AvgIpc) is 3.09. The summed E-state index contributed by atoms with van der Waals surface area (Å²) in [4.78, 5) is 7.57. The first kappa shape index (κ1) is 23.7. The average molecular weight is 449 g/mol. The molecule has 0 bridgehead atoms. The molecule has 33 heavy (non-hydrogen) atoms. The summed E-state index contributed by atoms with van der Waals surface area (Å²) in [6, 6.07) is 20.6. The minimum Gasteiger partial charge on any atom is -0.491 e. The van der Waals surface area contributed by atoms with Crippen molar-refractivity contribution in [3.63, 3.8) is 0 Å². The predicted octanol–water partition coefficient (Wildman–Crippen LogP) is 2.97. The van der Waals surface area contributed by atoms with Crippen molar-refractivity contribution >= 4 is 0 Å². The molecule has 0 amide bonds. The first-order valence-electron chi connectivity index (χ1n) is 12.2. The van der Waals surface area contributed by atoms with E-state index in [2.05, 4.69) is 26.8 Å². The number of ether oxygens (including phenoxy) is 1. The van der Waals surface area contributed by atoms with Crippen LogP contribution in [0.3, 0.4) is 0 Å². The molecule has 1 N–H and O–H groups in total. The number of rotatable bonds is 8. The van der Waals surface area contributed by atoms with Gasteiger partial charge in [-0.05, 0) is 75.3 Å². The summed E-state index contributed by atoms with van der Waals surface area (Å²) in [6.45, 7) is 8.40. The largest absolute Gasteiger partial charge is 0.491 e.